The highest BCUT2D eigenvalue weighted by Crippen LogP contribution is 2.22. The molecule has 8 heteroatoms. The van der Waals surface area contributed by atoms with Gasteiger partial charge in [0.05, 0.1) is 23.8 Å². The van der Waals surface area contributed by atoms with Crippen LogP contribution in [-0.2, 0) is 0 Å². The van der Waals surface area contributed by atoms with Crippen molar-refractivity contribution in [3.63, 3.8) is 0 Å². The van der Waals surface area contributed by atoms with Gasteiger partial charge in [-0.15, -0.1) is 0 Å². The maximum atomic E-state index is 12.6. The summed E-state index contributed by atoms with van der Waals surface area (Å²) in [5.41, 5.74) is -0.0118. The van der Waals surface area contributed by atoms with E-state index in [1.54, 1.807) is 23.2 Å². The zero-order valence-corrected chi connectivity index (χ0v) is 14.6. The van der Waals surface area contributed by atoms with Crippen molar-refractivity contribution in [1.82, 2.24) is 20.2 Å². The van der Waals surface area contributed by atoms with E-state index in [4.69, 9.17) is 4.42 Å². The standard InChI is InChI=1S/C18H22N4O4/c1-13-10-20-14(11-19-13)17(24)22-7-3-5-18(25,6-8-22)12-21-16(23)15-4-2-9-26-15/h2,4,9-11,25H,3,5-8,12H2,1H3,(H,21,23)/t18-/m0/s1. The van der Waals surface area contributed by atoms with Crippen molar-refractivity contribution < 1.29 is 19.1 Å². The van der Waals surface area contributed by atoms with E-state index in [1.807, 2.05) is 6.92 Å². The van der Waals surface area contributed by atoms with Gasteiger partial charge in [0.15, 0.2) is 5.76 Å². The average molecular weight is 358 g/mol. The molecule has 0 spiro atoms. The Morgan fingerprint density at radius 1 is 1.31 bits per heavy atom. The zero-order chi connectivity index (χ0) is 18.6. The fourth-order valence-electron chi connectivity index (χ4n) is 2.96. The molecular weight excluding hydrogens is 336 g/mol. The Morgan fingerprint density at radius 3 is 2.85 bits per heavy atom. The molecule has 2 aromatic rings. The van der Waals surface area contributed by atoms with Gasteiger partial charge in [-0.2, -0.15) is 0 Å². The number of nitrogens with zero attached hydrogens (tertiary/aromatic N) is 3. The monoisotopic (exact) mass is 358 g/mol. The lowest BCUT2D eigenvalue weighted by molar-refractivity contribution is 0.0246. The average Bonchev–Trinajstić information content (AvgIpc) is 3.10. The first kappa shape index (κ1) is 18.1. The molecule has 1 fully saturated rings. The number of likely N-dealkylation sites (tertiary alicyclic amines) is 1. The Bertz CT molecular complexity index is 760. The summed E-state index contributed by atoms with van der Waals surface area (Å²) in [6, 6.07) is 3.20. The number of carbonyl (C=O) groups excluding carboxylic acids is 2. The summed E-state index contributed by atoms with van der Waals surface area (Å²) in [6.07, 6.45) is 5.96. The molecule has 0 aromatic carbocycles. The third-order valence-corrected chi connectivity index (χ3v) is 4.53. The molecule has 3 heterocycles. The third-order valence-electron chi connectivity index (χ3n) is 4.53. The number of furan rings is 1. The largest absolute Gasteiger partial charge is 0.459 e. The van der Waals surface area contributed by atoms with E-state index in [-0.39, 0.29) is 24.1 Å². The first-order valence-corrected chi connectivity index (χ1v) is 8.59. The first-order chi connectivity index (χ1) is 12.5. The predicted octanol–water partition coefficient (Wildman–Crippen LogP) is 1.17. The number of amides is 2. The van der Waals surface area contributed by atoms with Crippen LogP contribution < -0.4 is 5.32 Å². The SMILES string of the molecule is Cc1cnc(C(=O)N2CCC[C@@](O)(CNC(=O)c3ccco3)CC2)cn1. The number of nitrogens with one attached hydrogen (secondary N) is 1. The molecular formula is C18H22N4O4. The molecule has 26 heavy (non-hydrogen) atoms. The number of carbonyl (C=O) groups is 2. The molecule has 3 rings (SSSR count). The third kappa shape index (κ3) is 4.26. The van der Waals surface area contributed by atoms with Gasteiger partial charge in [0.1, 0.15) is 5.69 Å². The van der Waals surface area contributed by atoms with Crippen molar-refractivity contribution in [2.45, 2.75) is 31.8 Å². The maximum absolute atomic E-state index is 12.6. The summed E-state index contributed by atoms with van der Waals surface area (Å²) in [5.74, 6) is -0.353. The lowest BCUT2D eigenvalue weighted by Gasteiger charge is -2.27. The second-order valence-corrected chi connectivity index (χ2v) is 6.57. The number of rotatable bonds is 4. The van der Waals surface area contributed by atoms with Crippen LogP contribution in [0.4, 0.5) is 0 Å². The lowest BCUT2D eigenvalue weighted by atomic mass is 9.95. The van der Waals surface area contributed by atoms with Crippen molar-refractivity contribution in [2.24, 2.45) is 0 Å². The van der Waals surface area contributed by atoms with Gasteiger partial charge in [-0.3, -0.25) is 14.6 Å². The molecule has 2 amide bonds. The Labute approximate surface area is 151 Å². The molecule has 0 radical (unpaired) electrons. The summed E-state index contributed by atoms with van der Waals surface area (Å²) in [4.78, 5) is 34.4. The van der Waals surface area contributed by atoms with Crippen molar-refractivity contribution in [3.05, 3.63) is 47.9 Å². The van der Waals surface area contributed by atoms with Gasteiger partial charge in [0.25, 0.3) is 11.8 Å². The normalized spacial score (nSPS) is 20.5. The minimum Gasteiger partial charge on any atom is -0.459 e. The maximum Gasteiger partial charge on any atom is 0.287 e. The van der Waals surface area contributed by atoms with Crippen LogP contribution >= 0.6 is 0 Å². The number of hydrogen-bond donors (Lipinski definition) is 2. The Hall–Kier alpha value is -2.74. The molecule has 0 saturated carbocycles. The fourth-order valence-corrected chi connectivity index (χ4v) is 2.96. The molecule has 2 N–H and O–H groups in total. The van der Waals surface area contributed by atoms with E-state index < -0.39 is 5.60 Å². The second-order valence-electron chi connectivity index (χ2n) is 6.57. The molecule has 0 unspecified atom stereocenters. The van der Waals surface area contributed by atoms with Gasteiger partial charge in [0.2, 0.25) is 0 Å². The lowest BCUT2D eigenvalue weighted by Crippen LogP contribution is -2.44. The Balaban J connectivity index is 1.57. The minimum absolute atomic E-state index is 0.110. The molecule has 1 atom stereocenters. The molecule has 0 bridgehead atoms. The number of aliphatic hydroxyl groups is 1. The van der Waals surface area contributed by atoms with Crippen LogP contribution in [0.5, 0.6) is 0 Å². The number of aryl methyl sites for hydroxylation is 1. The van der Waals surface area contributed by atoms with Gasteiger partial charge < -0.3 is 19.7 Å². The molecule has 138 valence electrons. The van der Waals surface area contributed by atoms with Crippen LogP contribution in [0.25, 0.3) is 0 Å². The fraction of sp³-hybridized carbons (Fsp3) is 0.444. The van der Waals surface area contributed by atoms with E-state index in [0.29, 0.717) is 38.0 Å². The van der Waals surface area contributed by atoms with Gasteiger partial charge >= 0.3 is 0 Å². The second kappa shape index (κ2) is 7.65. The predicted molar refractivity (Wildman–Crippen MR) is 92.5 cm³/mol. The van der Waals surface area contributed by atoms with E-state index in [9.17, 15) is 14.7 Å². The van der Waals surface area contributed by atoms with Crippen molar-refractivity contribution in [3.8, 4) is 0 Å². The molecule has 0 aliphatic carbocycles. The van der Waals surface area contributed by atoms with E-state index in [0.717, 1.165) is 5.69 Å². The van der Waals surface area contributed by atoms with Gasteiger partial charge in [-0.05, 0) is 38.3 Å². The van der Waals surface area contributed by atoms with E-state index >= 15 is 0 Å². The number of hydrogen-bond acceptors (Lipinski definition) is 6. The molecule has 1 saturated heterocycles. The van der Waals surface area contributed by atoms with Crippen LogP contribution in [0.15, 0.2) is 35.2 Å². The summed E-state index contributed by atoms with van der Waals surface area (Å²) in [7, 11) is 0. The van der Waals surface area contributed by atoms with Crippen LogP contribution in [0.2, 0.25) is 0 Å². The smallest absolute Gasteiger partial charge is 0.287 e. The highest BCUT2D eigenvalue weighted by Gasteiger charge is 2.32. The van der Waals surface area contributed by atoms with Gasteiger partial charge in [-0.1, -0.05) is 0 Å². The summed E-state index contributed by atoms with van der Waals surface area (Å²) in [6.45, 7) is 2.84. The molecule has 1 aliphatic rings. The zero-order valence-electron chi connectivity index (χ0n) is 14.6. The quantitative estimate of drug-likeness (QED) is 0.849. The first-order valence-electron chi connectivity index (χ1n) is 8.59. The van der Waals surface area contributed by atoms with Crippen molar-refractivity contribution in [2.75, 3.05) is 19.6 Å². The van der Waals surface area contributed by atoms with Gasteiger partial charge in [0, 0.05) is 25.8 Å². The van der Waals surface area contributed by atoms with Crippen molar-refractivity contribution in [1.29, 1.82) is 0 Å². The van der Waals surface area contributed by atoms with E-state index in [2.05, 4.69) is 15.3 Å². The molecule has 2 aromatic heterocycles. The molecule has 1 aliphatic heterocycles. The summed E-state index contributed by atoms with van der Waals surface area (Å²) < 4.78 is 5.04. The van der Waals surface area contributed by atoms with Crippen LogP contribution in [-0.4, -0.2) is 57.0 Å². The molecule has 8 nitrogen and oxygen atoms in total. The van der Waals surface area contributed by atoms with Crippen LogP contribution in [0.3, 0.4) is 0 Å². The summed E-state index contributed by atoms with van der Waals surface area (Å²) >= 11 is 0. The topological polar surface area (TPSA) is 109 Å². The van der Waals surface area contributed by atoms with Gasteiger partial charge in [-0.25, -0.2) is 4.98 Å². The summed E-state index contributed by atoms with van der Waals surface area (Å²) in [5, 5.41) is 13.5. The Morgan fingerprint density at radius 2 is 2.15 bits per heavy atom. The Kier molecular flexibility index (Phi) is 5.32. The highest BCUT2D eigenvalue weighted by molar-refractivity contribution is 5.92. The minimum atomic E-state index is -1.06. The van der Waals surface area contributed by atoms with Crippen LogP contribution in [0, 0.1) is 6.92 Å². The van der Waals surface area contributed by atoms with Crippen molar-refractivity contribution >= 4 is 11.8 Å². The van der Waals surface area contributed by atoms with E-state index in [1.165, 1.54) is 12.5 Å². The van der Waals surface area contributed by atoms with Crippen LogP contribution in [0.1, 0.15) is 46.0 Å². The highest BCUT2D eigenvalue weighted by atomic mass is 16.3. The number of aromatic nitrogens is 2.